The number of nitrogens with zero attached hydrogens (tertiary/aromatic N) is 2. The molecule has 2 rings (SSSR count). The number of amides is 2. The standard InChI is InChI=1S/C16H17N3O4/c1-12(11-20)18(14-8-5-9-15(10-14)19(22)23)16(21)17-13-6-3-2-4-7-13/h2-10,12,20H,11H2,1H3,(H,17,21)/t12-/m0/s1. The first-order valence-corrected chi connectivity index (χ1v) is 7.03. The third-order valence-electron chi connectivity index (χ3n) is 3.27. The van der Waals surface area contributed by atoms with Crippen molar-refractivity contribution in [1.82, 2.24) is 0 Å². The van der Waals surface area contributed by atoms with Crippen LogP contribution in [-0.4, -0.2) is 28.7 Å². The summed E-state index contributed by atoms with van der Waals surface area (Å²) in [6, 6.07) is 13.6. The van der Waals surface area contributed by atoms with Gasteiger partial charge < -0.3 is 10.4 Å². The monoisotopic (exact) mass is 315 g/mol. The SMILES string of the molecule is C[C@@H](CO)N(C(=O)Nc1ccccc1)c1cccc([N+](=O)[O-])c1. The number of benzene rings is 2. The van der Waals surface area contributed by atoms with Crippen molar-refractivity contribution in [2.24, 2.45) is 0 Å². The molecule has 2 amide bonds. The van der Waals surface area contributed by atoms with Gasteiger partial charge in [-0.1, -0.05) is 24.3 Å². The topological polar surface area (TPSA) is 95.7 Å². The van der Waals surface area contributed by atoms with Crippen molar-refractivity contribution in [3.05, 3.63) is 64.7 Å². The summed E-state index contributed by atoms with van der Waals surface area (Å²) in [7, 11) is 0. The number of urea groups is 1. The van der Waals surface area contributed by atoms with Gasteiger partial charge in [0, 0.05) is 17.8 Å². The second kappa shape index (κ2) is 7.37. The van der Waals surface area contributed by atoms with Crippen LogP contribution < -0.4 is 10.2 Å². The molecule has 7 heteroatoms. The molecule has 7 nitrogen and oxygen atoms in total. The molecular formula is C16H17N3O4. The quantitative estimate of drug-likeness (QED) is 0.655. The Morgan fingerprint density at radius 1 is 1.26 bits per heavy atom. The Morgan fingerprint density at radius 2 is 1.96 bits per heavy atom. The highest BCUT2D eigenvalue weighted by Gasteiger charge is 2.23. The minimum atomic E-state index is -0.541. The molecule has 0 heterocycles. The Kier molecular flexibility index (Phi) is 5.27. The summed E-state index contributed by atoms with van der Waals surface area (Å²) >= 11 is 0. The van der Waals surface area contributed by atoms with E-state index in [1.54, 1.807) is 37.3 Å². The maximum Gasteiger partial charge on any atom is 0.326 e. The van der Waals surface area contributed by atoms with Crippen molar-refractivity contribution in [2.45, 2.75) is 13.0 Å². The first-order chi connectivity index (χ1) is 11.0. The normalized spacial score (nSPS) is 11.6. The average Bonchev–Trinajstić information content (AvgIpc) is 2.56. The van der Waals surface area contributed by atoms with Gasteiger partial charge in [-0.3, -0.25) is 15.0 Å². The van der Waals surface area contributed by atoms with Crippen LogP contribution >= 0.6 is 0 Å². The lowest BCUT2D eigenvalue weighted by atomic mass is 10.2. The van der Waals surface area contributed by atoms with E-state index in [9.17, 15) is 20.0 Å². The molecule has 2 aromatic carbocycles. The zero-order valence-electron chi connectivity index (χ0n) is 12.5. The third-order valence-corrected chi connectivity index (χ3v) is 3.27. The number of nitro groups is 1. The van der Waals surface area contributed by atoms with E-state index in [0.717, 1.165) is 0 Å². The fourth-order valence-corrected chi connectivity index (χ4v) is 2.12. The van der Waals surface area contributed by atoms with Gasteiger partial charge >= 0.3 is 6.03 Å². The molecule has 0 unspecified atom stereocenters. The van der Waals surface area contributed by atoms with Crippen LogP contribution in [0.25, 0.3) is 0 Å². The second-order valence-corrected chi connectivity index (χ2v) is 4.97. The van der Waals surface area contributed by atoms with Gasteiger partial charge in [-0.2, -0.15) is 0 Å². The number of nitrogens with one attached hydrogen (secondary N) is 1. The number of aliphatic hydroxyl groups is 1. The van der Waals surface area contributed by atoms with Gasteiger partial charge in [0.1, 0.15) is 0 Å². The Morgan fingerprint density at radius 3 is 2.57 bits per heavy atom. The maximum atomic E-state index is 12.5. The predicted molar refractivity (Wildman–Crippen MR) is 87.6 cm³/mol. The molecule has 1 atom stereocenters. The summed E-state index contributed by atoms with van der Waals surface area (Å²) in [5.41, 5.74) is 0.817. The molecule has 2 N–H and O–H groups in total. The summed E-state index contributed by atoms with van der Waals surface area (Å²) in [6.07, 6.45) is 0. The first kappa shape index (κ1) is 16.4. The molecule has 0 radical (unpaired) electrons. The Hall–Kier alpha value is -2.93. The molecule has 0 saturated carbocycles. The largest absolute Gasteiger partial charge is 0.394 e. The number of nitro benzene ring substituents is 1. The number of carbonyl (C=O) groups excluding carboxylic acids is 1. The number of aliphatic hydroxyl groups excluding tert-OH is 1. The predicted octanol–water partition coefficient (Wildman–Crippen LogP) is 3.01. The van der Waals surface area contributed by atoms with Crippen molar-refractivity contribution >= 4 is 23.1 Å². The molecule has 0 fully saturated rings. The number of anilines is 2. The van der Waals surface area contributed by atoms with Gasteiger partial charge in [0.15, 0.2) is 0 Å². The molecule has 2 aromatic rings. The summed E-state index contributed by atoms with van der Waals surface area (Å²) in [6.45, 7) is 1.38. The molecule has 0 aliphatic rings. The van der Waals surface area contributed by atoms with Crippen LogP contribution in [0.3, 0.4) is 0 Å². The average molecular weight is 315 g/mol. The van der Waals surface area contributed by atoms with Gasteiger partial charge in [0.2, 0.25) is 0 Å². The molecule has 0 bridgehead atoms. The van der Waals surface area contributed by atoms with Crippen molar-refractivity contribution < 1.29 is 14.8 Å². The molecular weight excluding hydrogens is 298 g/mol. The highest BCUT2D eigenvalue weighted by atomic mass is 16.6. The molecule has 0 aromatic heterocycles. The number of carbonyl (C=O) groups is 1. The van der Waals surface area contributed by atoms with E-state index in [1.807, 2.05) is 6.07 Å². The fraction of sp³-hybridized carbons (Fsp3) is 0.188. The summed E-state index contributed by atoms with van der Waals surface area (Å²) in [4.78, 5) is 24.2. The molecule has 0 aliphatic carbocycles. The molecule has 120 valence electrons. The van der Waals surface area contributed by atoms with Crippen LogP contribution in [0.15, 0.2) is 54.6 Å². The third kappa shape index (κ3) is 4.04. The number of non-ortho nitro benzene ring substituents is 1. The van der Waals surface area contributed by atoms with Crippen LogP contribution in [0.5, 0.6) is 0 Å². The lowest BCUT2D eigenvalue weighted by molar-refractivity contribution is -0.384. The minimum absolute atomic E-state index is 0.120. The van der Waals surface area contributed by atoms with Gasteiger partial charge in [0.25, 0.3) is 5.69 Å². The molecule has 0 aliphatic heterocycles. The minimum Gasteiger partial charge on any atom is -0.394 e. The Labute approximate surface area is 133 Å². The summed E-state index contributed by atoms with van der Waals surface area (Å²) < 4.78 is 0. The maximum absolute atomic E-state index is 12.5. The van der Waals surface area contributed by atoms with E-state index in [-0.39, 0.29) is 12.3 Å². The number of hydrogen-bond acceptors (Lipinski definition) is 4. The Bertz CT molecular complexity index is 691. The van der Waals surface area contributed by atoms with Crippen LogP contribution in [-0.2, 0) is 0 Å². The smallest absolute Gasteiger partial charge is 0.326 e. The van der Waals surface area contributed by atoms with Gasteiger partial charge in [-0.15, -0.1) is 0 Å². The van der Waals surface area contributed by atoms with E-state index >= 15 is 0 Å². The van der Waals surface area contributed by atoms with Crippen LogP contribution in [0, 0.1) is 10.1 Å². The van der Waals surface area contributed by atoms with Crippen LogP contribution in [0.1, 0.15) is 6.92 Å². The van der Waals surface area contributed by atoms with Gasteiger partial charge in [0.05, 0.1) is 23.3 Å². The van der Waals surface area contributed by atoms with E-state index in [1.165, 1.54) is 23.1 Å². The highest BCUT2D eigenvalue weighted by Crippen LogP contribution is 2.24. The lowest BCUT2D eigenvalue weighted by Gasteiger charge is -2.28. The van der Waals surface area contributed by atoms with Gasteiger partial charge in [-0.05, 0) is 25.1 Å². The van der Waals surface area contributed by atoms with Crippen molar-refractivity contribution in [2.75, 3.05) is 16.8 Å². The molecule has 0 spiro atoms. The van der Waals surface area contributed by atoms with E-state index in [0.29, 0.717) is 11.4 Å². The van der Waals surface area contributed by atoms with E-state index in [4.69, 9.17) is 0 Å². The van der Waals surface area contributed by atoms with Crippen LogP contribution in [0.4, 0.5) is 21.9 Å². The number of rotatable bonds is 5. The van der Waals surface area contributed by atoms with Crippen molar-refractivity contribution in [3.63, 3.8) is 0 Å². The van der Waals surface area contributed by atoms with Crippen molar-refractivity contribution in [3.8, 4) is 0 Å². The second-order valence-electron chi connectivity index (χ2n) is 4.97. The summed E-state index contributed by atoms with van der Waals surface area (Å²) in [5.74, 6) is 0. The fourth-order valence-electron chi connectivity index (χ4n) is 2.12. The molecule has 23 heavy (non-hydrogen) atoms. The first-order valence-electron chi connectivity index (χ1n) is 7.03. The van der Waals surface area contributed by atoms with E-state index in [2.05, 4.69) is 5.32 Å². The Balaban J connectivity index is 2.31. The number of para-hydroxylation sites is 1. The zero-order chi connectivity index (χ0) is 16.8. The lowest BCUT2D eigenvalue weighted by Crippen LogP contribution is -2.43. The number of hydrogen-bond donors (Lipinski definition) is 2. The zero-order valence-corrected chi connectivity index (χ0v) is 12.5. The highest BCUT2D eigenvalue weighted by molar-refractivity contribution is 6.02. The van der Waals surface area contributed by atoms with Crippen LogP contribution in [0.2, 0.25) is 0 Å². The van der Waals surface area contributed by atoms with E-state index < -0.39 is 17.0 Å². The molecule has 0 saturated heterocycles. The summed E-state index contributed by atoms with van der Waals surface area (Å²) in [5, 5.41) is 23.0. The van der Waals surface area contributed by atoms with Crippen molar-refractivity contribution in [1.29, 1.82) is 0 Å². The van der Waals surface area contributed by atoms with Gasteiger partial charge in [-0.25, -0.2) is 4.79 Å².